The van der Waals surface area contributed by atoms with E-state index >= 15 is 0 Å². The predicted octanol–water partition coefficient (Wildman–Crippen LogP) is 15.1. The van der Waals surface area contributed by atoms with Crippen LogP contribution in [-0.2, 0) is 10.8 Å². The summed E-state index contributed by atoms with van der Waals surface area (Å²) < 4.78 is 4.08. The molecule has 2 heterocycles. The van der Waals surface area contributed by atoms with Crippen LogP contribution in [0.4, 0.5) is 0 Å². The second-order valence-electron chi connectivity index (χ2n) is 14.8. The Kier molecular flexibility index (Phi) is 8.39. The summed E-state index contributed by atoms with van der Waals surface area (Å²) in [5.74, 6) is 0. The Hall–Kier alpha value is -5.59. The Bertz CT molecular complexity index is 2990. The van der Waals surface area contributed by atoms with Crippen LogP contribution in [0.3, 0.4) is 0 Å². The smallest absolute Gasteiger partial charge is 0.0728 e. The second kappa shape index (κ2) is 13.8. The summed E-state index contributed by atoms with van der Waals surface area (Å²) in [6.45, 7) is 0. The van der Waals surface area contributed by atoms with Gasteiger partial charge in [0.1, 0.15) is 0 Å². The van der Waals surface area contributed by atoms with Gasteiger partial charge in [-0.1, -0.05) is 200 Å². The molecule has 3 heteroatoms. The molecule has 2 aliphatic carbocycles. The van der Waals surface area contributed by atoms with Crippen LogP contribution in [0, 0.1) is 3.57 Å². The van der Waals surface area contributed by atoms with Crippen LogP contribution in [0.25, 0.3) is 41.1 Å². The van der Waals surface area contributed by atoms with Crippen molar-refractivity contribution in [3.8, 4) is 20.9 Å². The molecule has 0 fully saturated rings. The summed E-state index contributed by atoms with van der Waals surface area (Å²) in [5.41, 5.74) is 13.1. The highest BCUT2D eigenvalue weighted by atomic mass is 127. The van der Waals surface area contributed by atoms with Crippen LogP contribution in [0.15, 0.2) is 212 Å². The number of rotatable bonds is 4. The molecule has 0 N–H and O–H groups in total. The Balaban J connectivity index is 0.000000131. The molecule has 0 saturated carbocycles. The molecule has 8 aromatic carbocycles. The Morgan fingerprint density at radius 2 is 0.719 bits per heavy atom. The van der Waals surface area contributed by atoms with Gasteiger partial charge in [-0.15, -0.1) is 22.7 Å². The van der Waals surface area contributed by atoms with E-state index in [4.69, 9.17) is 0 Å². The topological polar surface area (TPSA) is 0 Å². The van der Waals surface area contributed by atoms with E-state index in [1.165, 1.54) is 89.1 Å². The first-order valence-electron chi connectivity index (χ1n) is 19.4. The fourth-order valence-corrected chi connectivity index (χ4v) is 13.3. The van der Waals surface area contributed by atoms with E-state index in [9.17, 15) is 0 Å². The third-order valence-electron chi connectivity index (χ3n) is 12.0. The second-order valence-corrected chi connectivity index (χ2v) is 18.0. The zero-order chi connectivity index (χ0) is 38.0. The number of hydrogen-bond acceptors (Lipinski definition) is 2. The first-order valence-corrected chi connectivity index (χ1v) is 22.1. The molecule has 10 aromatic rings. The van der Waals surface area contributed by atoms with E-state index in [0.29, 0.717) is 0 Å². The predicted molar refractivity (Wildman–Crippen MR) is 251 cm³/mol. The van der Waals surface area contributed by atoms with Gasteiger partial charge in [-0.3, -0.25) is 0 Å². The van der Waals surface area contributed by atoms with Gasteiger partial charge in [0.05, 0.1) is 10.8 Å². The summed E-state index contributed by atoms with van der Waals surface area (Å²) in [5, 5.41) is 2.74. The fourth-order valence-electron chi connectivity index (χ4n) is 9.83. The zero-order valence-corrected chi connectivity index (χ0v) is 34.7. The molecule has 0 radical (unpaired) electrons. The van der Waals surface area contributed by atoms with Gasteiger partial charge in [0, 0.05) is 22.7 Å². The molecular formula is C54H35IS2. The molecule has 0 spiro atoms. The normalized spacial score (nSPS) is 14.0. The fraction of sp³-hybridized carbons (Fsp3) is 0.0370. The lowest BCUT2D eigenvalue weighted by atomic mass is 9.67. The maximum absolute atomic E-state index is 2.48. The quantitative estimate of drug-likeness (QED) is 0.155. The zero-order valence-electron chi connectivity index (χ0n) is 30.9. The van der Waals surface area contributed by atoms with Crippen molar-refractivity contribution in [2.75, 3.05) is 0 Å². The Labute approximate surface area is 354 Å². The van der Waals surface area contributed by atoms with Gasteiger partial charge in [-0.25, -0.2) is 0 Å². The third kappa shape index (κ3) is 5.02. The molecule has 0 nitrogen and oxygen atoms in total. The van der Waals surface area contributed by atoms with Gasteiger partial charge in [0.15, 0.2) is 0 Å². The van der Waals surface area contributed by atoms with Crippen molar-refractivity contribution >= 4 is 65.4 Å². The maximum Gasteiger partial charge on any atom is 0.0728 e. The minimum atomic E-state index is -0.295. The van der Waals surface area contributed by atoms with Gasteiger partial charge in [0.25, 0.3) is 0 Å². The van der Waals surface area contributed by atoms with Gasteiger partial charge >= 0.3 is 0 Å². The Morgan fingerprint density at radius 3 is 1.23 bits per heavy atom. The van der Waals surface area contributed by atoms with E-state index in [1.54, 1.807) is 0 Å². The molecule has 0 bridgehead atoms. The van der Waals surface area contributed by atoms with Crippen LogP contribution in [0.2, 0.25) is 0 Å². The standard InChI is InChI=1S/C27H17IS.C27H18S/c28-23-17-9-15-21-24-26(29-25(21)23)20-14-7-8-16-22(20)27(24,18-10-3-1-4-11-18)19-12-5-2-6-13-19;1-3-11-19(12-4-1)27(20-13-5-2-6-14-20)23-17-9-7-15-21(23)26-25(27)22-16-8-10-18-24(22)28-26/h1-17H;1-18H. The van der Waals surface area contributed by atoms with Gasteiger partial charge in [-0.05, 0) is 101 Å². The summed E-state index contributed by atoms with van der Waals surface area (Å²) in [7, 11) is 0. The Morgan fingerprint density at radius 1 is 0.333 bits per heavy atom. The van der Waals surface area contributed by atoms with E-state index < -0.39 is 0 Å². The van der Waals surface area contributed by atoms with Gasteiger partial charge in [0.2, 0.25) is 0 Å². The summed E-state index contributed by atoms with van der Waals surface area (Å²) >= 11 is 6.34. The van der Waals surface area contributed by atoms with Crippen LogP contribution in [0.5, 0.6) is 0 Å². The van der Waals surface area contributed by atoms with Crippen molar-refractivity contribution in [2.24, 2.45) is 0 Å². The van der Waals surface area contributed by atoms with Crippen molar-refractivity contribution in [1.29, 1.82) is 0 Å². The molecule has 2 aliphatic rings. The molecule has 270 valence electrons. The van der Waals surface area contributed by atoms with Gasteiger partial charge < -0.3 is 0 Å². The number of halogens is 1. The highest BCUT2D eigenvalue weighted by Gasteiger charge is 2.49. The van der Waals surface area contributed by atoms with E-state index in [2.05, 4.69) is 235 Å². The highest BCUT2D eigenvalue weighted by molar-refractivity contribution is 14.1. The molecule has 2 aromatic heterocycles. The SMILES string of the molecule is Ic1cccc2c3c(sc12)-c1ccccc1C3(c1ccccc1)c1ccccc1.c1ccc(C2(c3ccccc3)c3ccccc3-c3sc4ccccc4c32)cc1. The molecule has 0 atom stereocenters. The van der Waals surface area contributed by atoms with Crippen molar-refractivity contribution in [1.82, 2.24) is 0 Å². The molecule has 0 saturated heterocycles. The number of hydrogen-bond donors (Lipinski definition) is 0. The maximum atomic E-state index is 2.48. The number of benzene rings is 8. The van der Waals surface area contributed by atoms with Crippen molar-refractivity contribution in [3.63, 3.8) is 0 Å². The summed E-state index contributed by atoms with van der Waals surface area (Å²) in [4.78, 5) is 2.82. The van der Waals surface area contributed by atoms with E-state index in [-0.39, 0.29) is 10.8 Å². The van der Waals surface area contributed by atoms with Crippen molar-refractivity contribution in [3.05, 3.63) is 260 Å². The molecule has 57 heavy (non-hydrogen) atoms. The third-order valence-corrected chi connectivity index (χ3v) is 15.7. The first kappa shape index (κ1) is 34.6. The van der Waals surface area contributed by atoms with Crippen LogP contribution >= 0.6 is 45.3 Å². The molecule has 0 amide bonds. The molecular weight excluding hydrogens is 840 g/mol. The first-order chi connectivity index (χ1) is 28.2. The highest BCUT2D eigenvalue weighted by Crippen LogP contribution is 2.62. The van der Waals surface area contributed by atoms with Crippen molar-refractivity contribution < 1.29 is 0 Å². The monoisotopic (exact) mass is 874 g/mol. The lowest BCUT2D eigenvalue weighted by molar-refractivity contribution is 0.776. The molecule has 12 rings (SSSR count). The van der Waals surface area contributed by atoms with Crippen LogP contribution in [-0.4, -0.2) is 0 Å². The molecule has 0 aliphatic heterocycles. The average molecular weight is 875 g/mol. The minimum Gasteiger partial charge on any atom is -0.135 e. The van der Waals surface area contributed by atoms with Crippen molar-refractivity contribution in [2.45, 2.75) is 10.8 Å². The lowest BCUT2D eigenvalue weighted by Crippen LogP contribution is -2.28. The minimum absolute atomic E-state index is 0.284. The number of fused-ring (bicyclic) bond motifs is 10. The molecule has 0 unspecified atom stereocenters. The summed E-state index contributed by atoms with van der Waals surface area (Å²) in [6.07, 6.45) is 0. The van der Waals surface area contributed by atoms with E-state index in [1.807, 2.05) is 22.7 Å². The largest absolute Gasteiger partial charge is 0.135 e. The number of thiophene rings is 2. The summed E-state index contributed by atoms with van der Waals surface area (Å²) in [6, 6.07) is 77.5. The van der Waals surface area contributed by atoms with Crippen LogP contribution in [0.1, 0.15) is 44.5 Å². The average Bonchev–Trinajstić information content (AvgIpc) is 4.02. The van der Waals surface area contributed by atoms with Gasteiger partial charge in [-0.2, -0.15) is 0 Å². The van der Waals surface area contributed by atoms with E-state index in [0.717, 1.165) is 0 Å². The lowest BCUT2D eigenvalue weighted by Gasteiger charge is -2.33. The van der Waals surface area contributed by atoms with Crippen LogP contribution < -0.4 is 0 Å².